The summed E-state index contributed by atoms with van der Waals surface area (Å²) in [7, 11) is 0. The lowest BCUT2D eigenvalue weighted by atomic mass is 10.1. The summed E-state index contributed by atoms with van der Waals surface area (Å²) in [6, 6.07) is 7.90. The minimum atomic E-state index is 0.111. The second-order valence-corrected chi connectivity index (χ2v) is 3.58. The predicted molar refractivity (Wildman–Crippen MR) is 59.8 cm³/mol. The number of rotatable bonds is 4. The van der Waals surface area contributed by atoms with Gasteiger partial charge in [-0.3, -0.25) is 0 Å². The van der Waals surface area contributed by atoms with Crippen molar-refractivity contribution in [1.82, 2.24) is 0 Å². The molecule has 0 radical (unpaired) electrons. The van der Waals surface area contributed by atoms with E-state index in [1.54, 1.807) is 0 Å². The summed E-state index contributed by atoms with van der Waals surface area (Å²) in [5.74, 6) is 0. The number of benzene rings is 1. The zero-order chi connectivity index (χ0) is 9.52. The van der Waals surface area contributed by atoms with E-state index in [4.69, 9.17) is 5.11 Å². The minimum absolute atomic E-state index is 0.111. The van der Waals surface area contributed by atoms with Crippen molar-refractivity contribution in [1.29, 1.82) is 0 Å². The monoisotopic (exact) mass is 240 g/mol. The Labute approximate surface area is 87.2 Å². The van der Waals surface area contributed by atoms with Crippen molar-refractivity contribution in [2.24, 2.45) is 0 Å². The van der Waals surface area contributed by atoms with Gasteiger partial charge in [0.2, 0.25) is 0 Å². The number of halogens is 1. The van der Waals surface area contributed by atoms with Gasteiger partial charge in [-0.1, -0.05) is 46.3 Å². The molecule has 1 N–H and O–H groups in total. The molecule has 0 aliphatic carbocycles. The van der Waals surface area contributed by atoms with Crippen LogP contribution in [0.15, 0.2) is 30.3 Å². The Morgan fingerprint density at radius 3 is 2.92 bits per heavy atom. The molecule has 13 heavy (non-hydrogen) atoms. The third-order valence-corrected chi connectivity index (χ3v) is 2.18. The van der Waals surface area contributed by atoms with Gasteiger partial charge in [0.05, 0.1) is 6.61 Å². The van der Waals surface area contributed by atoms with Crippen molar-refractivity contribution in [3.8, 4) is 0 Å². The molecule has 1 aromatic carbocycles. The van der Waals surface area contributed by atoms with Gasteiger partial charge in [-0.05, 0) is 23.6 Å². The zero-order valence-corrected chi connectivity index (χ0v) is 9.00. The Hall–Kier alpha value is -0.600. The third-order valence-electron chi connectivity index (χ3n) is 1.72. The topological polar surface area (TPSA) is 20.2 Å². The molecule has 0 saturated carbocycles. The van der Waals surface area contributed by atoms with E-state index >= 15 is 0 Å². The molecule has 0 unspecified atom stereocenters. The lowest BCUT2D eigenvalue weighted by molar-refractivity contribution is 0.282. The van der Waals surface area contributed by atoms with Gasteiger partial charge in [0.1, 0.15) is 0 Å². The van der Waals surface area contributed by atoms with Crippen LogP contribution in [0, 0.1) is 0 Å². The Morgan fingerprint density at radius 1 is 1.38 bits per heavy atom. The van der Waals surface area contributed by atoms with E-state index in [9.17, 15) is 0 Å². The second kappa shape index (κ2) is 5.95. The summed E-state index contributed by atoms with van der Waals surface area (Å²) in [5.41, 5.74) is 2.11. The van der Waals surface area contributed by atoms with Crippen molar-refractivity contribution < 1.29 is 5.11 Å². The van der Waals surface area contributed by atoms with Crippen LogP contribution in [0.1, 0.15) is 17.5 Å². The first-order chi connectivity index (χ1) is 6.36. The van der Waals surface area contributed by atoms with Crippen molar-refractivity contribution in [2.45, 2.75) is 13.0 Å². The zero-order valence-electron chi connectivity index (χ0n) is 7.41. The lowest BCUT2D eigenvalue weighted by Gasteiger charge is -1.97. The van der Waals surface area contributed by atoms with Crippen molar-refractivity contribution in [2.75, 3.05) is 5.33 Å². The summed E-state index contributed by atoms with van der Waals surface area (Å²) in [6.07, 6.45) is 5.22. The summed E-state index contributed by atoms with van der Waals surface area (Å²) in [6.45, 7) is 0.111. The molecule has 0 aliphatic rings. The first-order valence-corrected chi connectivity index (χ1v) is 5.41. The van der Waals surface area contributed by atoms with Crippen LogP contribution in [-0.4, -0.2) is 10.4 Å². The summed E-state index contributed by atoms with van der Waals surface area (Å²) >= 11 is 3.36. The van der Waals surface area contributed by atoms with Gasteiger partial charge in [0, 0.05) is 5.33 Å². The Morgan fingerprint density at radius 2 is 2.23 bits per heavy atom. The molecule has 70 valence electrons. The highest BCUT2D eigenvalue weighted by Crippen LogP contribution is 2.07. The number of allylic oxidation sites excluding steroid dienone is 1. The van der Waals surface area contributed by atoms with E-state index in [1.807, 2.05) is 24.3 Å². The number of aliphatic hydroxyl groups is 1. The van der Waals surface area contributed by atoms with E-state index in [-0.39, 0.29) is 6.61 Å². The van der Waals surface area contributed by atoms with Crippen molar-refractivity contribution >= 4 is 22.0 Å². The molecule has 0 amide bonds. The molecule has 2 heteroatoms. The van der Waals surface area contributed by atoms with Crippen LogP contribution in [0.25, 0.3) is 6.08 Å². The predicted octanol–water partition coefficient (Wildman–Crippen LogP) is 2.98. The summed E-state index contributed by atoms with van der Waals surface area (Å²) in [4.78, 5) is 0. The maximum atomic E-state index is 8.90. The van der Waals surface area contributed by atoms with Crippen LogP contribution in [0.4, 0.5) is 0 Å². The van der Waals surface area contributed by atoms with Crippen LogP contribution < -0.4 is 0 Å². The normalized spacial score (nSPS) is 10.9. The average Bonchev–Trinajstić information content (AvgIpc) is 2.19. The van der Waals surface area contributed by atoms with E-state index in [2.05, 4.69) is 28.1 Å². The van der Waals surface area contributed by atoms with E-state index in [1.165, 1.54) is 0 Å². The standard InChI is InChI=1S/C11H13BrO/c12-7-2-1-4-10-5-3-6-11(8-10)9-13/h1,3-6,8,13H,2,7,9H2. The van der Waals surface area contributed by atoms with Crippen LogP contribution in [0.2, 0.25) is 0 Å². The Balaban J connectivity index is 2.66. The molecule has 0 aromatic heterocycles. The fourth-order valence-corrected chi connectivity index (χ4v) is 1.34. The maximum absolute atomic E-state index is 8.90. The van der Waals surface area contributed by atoms with Crippen LogP contribution >= 0.6 is 15.9 Å². The number of hydrogen-bond donors (Lipinski definition) is 1. The molecule has 0 aliphatic heterocycles. The van der Waals surface area contributed by atoms with Gasteiger partial charge in [-0.2, -0.15) is 0 Å². The highest BCUT2D eigenvalue weighted by Gasteiger charge is 1.90. The van der Waals surface area contributed by atoms with E-state index in [0.29, 0.717) is 0 Å². The molecule has 0 spiro atoms. The van der Waals surface area contributed by atoms with Gasteiger partial charge in [-0.25, -0.2) is 0 Å². The van der Waals surface area contributed by atoms with Gasteiger partial charge < -0.3 is 5.11 Å². The number of hydrogen-bond acceptors (Lipinski definition) is 1. The fraction of sp³-hybridized carbons (Fsp3) is 0.273. The van der Waals surface area contributed by atoms with Crippen molar-refractivity contribution in [3.05, 3.63) is 41.5 Å². The quantitative estimate of drug-likeness (QED) is 0.803. The van der Waals surface area contributed by atoms with Gasteiger partial charge in [-0.15, -0.1) is 0 Å². The smallest absolute Gasteiger partial charge is 0.0682 e. The molecular weight excluding hydrogens is 228 g/mol. The van der Waals surface area contributed by atoms with Crippen molar-refractivity contribution in [3.63, 3.8) is 0 Å². The molecule has 0 fully saturated rings. The molecule has 1 nitrogen and oxygen atoms in total. The van der Waals surface area contributed by atoms with Crippen LogP contribution in [0.5, 0.6) is 0 Å². The molecule has 1 rings (SSSR count). The highest BCUT2D eigenvalue weighted by atomic mass is 79.9. The fourth-order valence-electron chi connectivity index (χ4n) is 1.08. The van der Waals surface area contributed by atoms with Crippen LogP contribution in [0.3, 0.4) is 0 Å². The molecular formula is C11H13BrO. The Bertz CT molecular complexity index is 281. The minimum Gasteiger partial charge on any atom is -0.392 e. The summed E-state index contributed by atoms with van der Waals surface area (Å²) in [5, 5.41) is 9.89. The van der Waals surface area contributed by atoms with Gasteiger partial charge in [0.25, 0.3) is 0 Å². The SMILES string of the molecule is OCc1cccc(C=CCCBr)c1. The highest BCUT2D eigenvalue weighted by molar-refractivity contribution is 9.09. The second-order valence-electron chi connectivity index (χ2n) is 2.78. The van der Waals surface area contributed by atoms with Gasteiger partial charge in [0.15, 0.2) is 0 Å². The van der Waals surface area contributed by atoms with E-state index < -0.39 is 0 Å². The third kappa shape index (κ3) is 3.75. The molecule has 0 saturated heterocycles. The van der Waals surface area contributed by atoms with Crippen LogP contribution in [-0.2, 0) is 6.61 Å². The lowest BCUT2D eigenvalue weighted by Crippen LogP contribution is -1.82. The molecule has 1 aromatic rings. The first-order valence-electron chi connectivity index (χ1n) is 4.29. The Kier molecular flexibility index (Phi) is 4.79. The van der Waals surface area contributed by atoms with Gasteiger partial charge >= 0.3 is 0 Å². The van der Waals surface area contributed by atoms with E-state index in [0.717, 1.165) is 22.9 Å². The number of alkyl halides is 1. The summed E-state index contributed by atoms with van der Waals surface area (Å²) < 4.78 is 0. The number of aliphatic hydroxyl groups excluding tert-OH is 1. The first kappa shape index (κ1) is 10.5. The maximum Gasteiger partial charge on any atom is 0.0682 e. The largest absolute Gasteiger partial charge is 0.392 e. The molecule has 0 heterocycles. The average molecular weight is 241 g/mol. The molecule has 0 atom stereocenters. The molecule has 0 bridgehead atoms.